The molecule has 0 radical (unpaired) electrons. The second-order valence-corrected chi connectivity index (χ2v) is 7.83. The molecule has 0 fully saturated rings. The number of carboxylic acid groups (broad SMARTS) is 1. The standard InChI is InChI=1S/C20H30N4O6S/c1-11(2)7-14(23-19(28)16(10-31)22-17(26)9-21)18(27)24-15(20(29)30)8-12-3-5-13(25)6-4-12/h3-6,11,14-16,25,31H,7-10,21H2,1-2H3,(H,22,26)(H,23,28)(H,24,27)(H,29,30). The third-order valence-electron chi connectivity index (χ3n) is 4.35. The Morgan fingerprint density at radius 2 is 1.52 bits per heavy atom. The predicted octanol–water partition coefficient (Wildman–Crippen LogP) is -0.592. The van der Waals surface area contributed by atoms with E-state index in [1.165, 1.54) is 12.1 Å². The topological polar surface area (TPSA) is 171 Å². The molecule has 11 heteroatoms. The summed E-state index contributed by atoms with van der Waals surface area (Å²) in [6.07, 6.45) is 0.253. The third-order valence-corrected chi connectivity index (χ3v) is 4.72. The first-order chi connectivity index (χ1) is 14.6. The summed E-state index contributed by atoms with van der Waals surface area (Å²) < 4.78 is 0. The summed E-state index contributed by atoms with van der Waals surface area (Å²) in [5.74, 6) is -3.01. The maximum absolute atomic E-state index is 12.8. The number of phenols is 1. The van der Waals surface area contributed by atoms with E-state index in [0.717, 1.165) is 0 Å². The van der Waals surface area contributed by atoms with Crippen molar-refractivity contribution >= 4 is 36.3 Å². The number of aromatic hydroxyl groups is 1. The number of thiol groups is 1. The number of nitrogens with two attached hydrogens (primary N) is 1. The van der Waals surface area contributed by atoms with Crippen molar-refractivity contribution in [2.75, 3.05) is 12.3 Å². The lowest BCUT2D eigenvalue weighted by Crippen LogP contribution is -2.57. The first-order valence-corrected chi connectivity index (χ1v) is 10.4. The van der Waals surface area contributed by atoms with E-state index < -0.39 is 41.8 Å². The molecule has 0 saturated heterocycles. The molecule has 172 valence electrons. The number of rotatable bonds is 12. The summed E-state index contributed by atoms with van der Waals surface area (Å²) >= 11 is 4.05. The highest BCUT2D eigenvalue weighted by molar-refractivity contribution is 7.80. The fourth-order valence-corrected chi connectivity index (χ4v) is 3.02. The van der Waals surface area contributed by atoms with Crippen LogP contribution in [0.1, 0.15) is 25.8 Å². The number of phenolic OH excluding ortho intramolecular Hbond substituents is 1. The number of carbonyl (C=O) groups excluding carboxylic acids is 3. The van der Waals surface area contributed by atoms with Gasteiger partial charge in [-0.1, -0.05) is 26.0 Å². The van der Waals surface area contributed by atoms with Gasteiger partial charge in [-0.2, -0.15) is 12.6 Å². The second kappa shape index (κ2) is 12.8. The molecule has 0 aliphatic rings. The molecule has 1 aromatic rings. The lowest BCUT2D eigenvalue weighted by atomic mass is 10.0. The van der Waals surface area contributed by atoms with Gasteiger partial charge in [-0.3, -0.25) is 14.4 Å². The highest BCUT2D eigenvalue weighted by atomic mass is 32.1. The van der Waals surface area contributed by atoms with Crippen LogP contribution in [0.15, 0.2) is 24.3 Å². The van der Waals surface area contributed by atoms with Crippen molar-refractivity contribution in [2.24, 2.45) is 11.7 Å². The summed E-state index contributed by atoms with van der Waals surface area (Å²) in [5, 5.41) is 26.3. The molecule has 0 aliphatic carbocycles. The number of hydrogen-bond acceptors (Lipinski definition) is 7. The highest BCUT2D eigenvalue weighted by Gasteiger charge is 2.29. The van der Waals surface area contributed by atoms with Gasteiger partial charge in [0.2, 0.25) is 17.7 Å². The molecule has 0 aliphatic heterocycles. The quantitative estimate of drug-likeness (QED) is 0.207. The zero-order valence-electron chi connectivity index (χ0n) is 17.5. The van der Waals surface area contributed by atoms with Crippen LogP contribution < -0.4 is 21.7 Å². The summed E-state index contributed by atoms with van der Waals surface area (Å²) in [6, 6.07) is 2.72. The maximum Gasteiger partial charge on any atom is 0.326 e. The number of benzene rings is 1. The molecule has 3 amide bonds. The van der Waals surface area contributed by atoms with Crippen LogP contribution in [0.2, 0.25) is 0 Å². The van der Waals surface area contributed by atoms with Crippen molar-refractivity contribution in [3.8, 4) is 5.75 Å². The van der Waals surface area contributed by atoms with Gasteiger partial charge in [0.1, 0.15) is 23.9 Å². The number of hydrogen-bond donors (Lipinski definition) is 7. The molecule has 0 heterocycles. The molecule has 10 nitrogen and oxygen atoms in total. The Labute approximate surface area is 186 Å². The van der Waals surface area contributed by atoms with E-state index in [9.17, 15) is 29.4 Å². The molecule has 3 atom stereocenters. The first kappa shape index (κ1) is 26.2. The molecule has 1 rings (SSSR count). The lowest BCUT2D eigenvalue weighted by molar-refractivity contribution is -0.142. The van der Waals surface area contributed by atoms with Gasteiger partial charge in [-0.25, -0.2) is 4.79 Å². The van der Waals surface area contributed by atoms with Gasteiger partial charge in [0.05, 0.1) is 6.54 Å². The first-order valence-electron chi connectivity index (χ1n) is 9.79. The van der Waals surface area contributed by atoms with Crippen molar-refractivity contribution in [3.63, 3.8) is 0 Å². The van der Waals surface area contributed by atoms with E-state index in [1.54, 1.807) is 12.1 Å². The summed E-state index contributed by atoms with van der Waals surface area (Å²) in [5.41, 5.74) is 5.85. The van der Waals surface area contributed by atoms with Crippen LogP contribution in [0, 0.1) is 5.92 Å². The van der Waals surface area contributed by atoms with Crippen molar-refractivity contribution in [3.05, 3.63) is 29.8 Å². The van der Waals surface area contributed by atoms with Crippen LogP contribution in [-0.2, 0) is 25.6 Å². The van der Waals surface area contributed by atoms with Crippen molar-refractivity contribution in [1.82, 2.24) is 16.0 Å². The number of aliphatic carboxylic acids is 1. The number of carboxylic acids is 1. The maximum atomic E-state index is 12.8. The fraction of sp³-hybridized carbons (Fsp3) is 0.500. The normalized spacial score (nSPS) is 13.7. The van der Waals surface area contributed by atoms with E-state index in [4.69, 9.17) is 5.73 Å². The van der Waals surface area contributed by atoms with Gasteiger partial charge < -0.3 is 31.9 Å². The highest BCUT2D eigenvalue weighted by Crippen LogP contribution is 2.12. The van der Waals surface area contributed by atoms with Crippen molar-refractivity contribution < 1.29 is 29.4 Å². The fourth-order valence-electron chi connectivity index (χ4n) is 2.76. The van der Waals surface area contributed by atoms with Gasteiger partial charge in [-0.15, -0.1) is 0 Å². The molecule has 1 aromatic carbocycles. The van der Waals surface area contributed by atoms with Gasteiger partial charge in [0, 0.05) is 12.2 Å². The van der Waals surface area contributed by atoms with E-state index in [2.05, 4.69) is 28.6 Å². The zero-order chi connectivity index (χ0) is 23.6. The SMILES string of the molecule is CC(C)CC(NC(=O)C(CS)NC(=O)CN)C(=O)NC(Cc1ccc(O)cc1)C(=O)O. The Bertz CT molecular complexity index is 771. The molecule has 31 heavy (non-hydrogen) atoms. The average molecular weight is 455 g/mol. The molecule has 0 saturated carbocycles. The minimum atomic E-state index is -1.24. The minimum absolute atomic E-state index is 0.00444. The Balaban J connectivity index is 2.91. The molecule has 0 bridgehead atoms. The average Bonchev–Trinajstić information content (AvgIpc) is 2.71. The van der Waals surface area contributed by atoms with Gasteiger partial charge >= 0.3 is 5.97 Å². The zero-order valence-corrected chi connectivity index (χ0v) is 18.4. The Morgan fingerprint density at radius 1 is 0.968 bits per heavy atom. The molecular formula is C20H30N4O6S. The van der Waals surface area contributed by atoms with E-state index in [1.807, 2.05) is 13.8 Å². The summed E-state index contributed by atoms with van der Waals surface area (Å²) in [4.78, 5) is 48.5. The van der Waals surface area contributed by atoms with Crippen LogP contribution >= 0.6 is 12.6 Å². The van der Waals surface area contributed by atoms with Crippen LogP contribution in [0.5, 0.6) is 5.75 Å². The smallest absolute Gasteiger partial charge is 0.326 e. The van der Waals surface area contributed by atoms with Crippen molar-refractivity contribution in [1.29, 1.82) is 0 Å². The minimum Gasteiger partial charge on any atom is -0.508 e. The van der Waals surface area contributed by atoms with Crippen LogP contribution in [0.4, 0.5) is 0 Å². The molecule has 0 aromatic heterocycles. The van der Waals surface area contributed by atoms with Crippen LogP contribution in [0.3, 0.4) is 0 Å². The van der Waals surface area contributed by atoms with Gasteiger partial charge in [0.15, 0.2) is 0 Å². The Kier molecular flexibility index (Phi) is 10.8. The predicted molar refractivity (Wildman–Crippen MR) is 118 cm³/mol. The van der Waals surface area contributed by atoms with Gasteiger partial charge in [-0.05, 0) is 30.0 Å². The van der Waals surface area contributed by atoms with E-state index in [-0.39, 0.29) is 36.8 Å². The largest absolute Gasteiger partial charge is 0.508 e. The van der Waals surface area contributed by atoms with E-state index in [0.29, 0.717) is 5.56 Å². The van der Waals surface area contributed by atoms with Crippen LogP contribution in [-0.4, -0.2) is 64.3 Å². The second-order valence-electron chi connectivity index (χ2n) is 7.47. The number of carbonyl (C=O) groups is 4. The molecule has 7 N–H and O–H groups in total. The van der Waals surface area contributed by atoms with Gasteiger partial charge in [0.25, 0.3) is 0 Å². The van der Waals surface area contributed by atoms with E-state index >= 15 is 0 Å². The number of nitrogens with one attached hydrogen (secondary N) is 3. The lowest BCUT2D eigenvalue weighted by Gasteiger charge is -2.25. The Morgan fingerprint density at radius 3 is 2.00 bits per heavy atom. The molecule has 0 spiro atoms. The summed E-state index contributed by atoms with van der Waals surface area (Å²) in [7, 11) is 0. The molecular weight excluding hydrogens is 424 g/mol. The van der Waals surface area contributed by atoms with Crippen molar-refractivity contribution in [2.45, 2.75) is 44.8 Å². The number of amides is 3. The third kappa shape index (κ3) is 9.26. The Hall–Kier alpha value is -2.79. The summed E-state index contributed by atoms with van der Waals surface area (Å²) in [6.45, 7) is 3.40. The molecule has 3 unspecified atom stereocenters. The monoisotopic (exact) mass is 454 g/mol. The van der Waals surface area contributed by atoms with Crippen LogP contribution in [0.25, 0.3) is 0 Å².